The first-order valence-corrected chi connectivity index (χ1v) is 19.0. The van der Waals surface area contributed by atoms with Gasteiger partial charge in [0.2, 0.25) is 5.91 Å². The predicted octanol–water partition coefficient (Wildman–Crippen LogP) is 7.15. The second kappa shape index (κ2) is 16.4. The number of sulfonamides is 1. The van der Waals surface area contributed by atoms with E-state index in [1.54, 1.807) is 20.8 Å². The van der Waals surface area contributed by atoms with Crippen molar-refractivity contribution >= 4 is 39.5 Å². The molecule has 0 radical (unpaired) electrons. The minimum absolute atomic E-state index is 0.0266. The minimum atomic E-state index is -4.88. The number of alkyl halides is 3. The SMILES string of the molecule is CCCCc1nn(-c2cc(NC(=O)CCSC)ccc2C(F)(F)F)c(=O)n1Cc1ccc(-c2ccccc2S(=O)(=O)NC(=O)OC(C)(C)C)cc1F. The van der Waals surface area contributed by atoms with Gasteiger partial charge in [-0.2, -0.15) is 29.6 Å². The van der Waals surface area contributed by atoms with Gasteiger partial charge in [-0.15, -0.1) is 5.10 Å². The number of rotatable bonds is 13. The Morgan fingerprint density at radius 2 is 1.73 bits per heavy atom. The van der Waals surface area contributed by atoms with Crippen LogP contribution in [0.2, 0.25) is 0 Å². The molecule has 2 N–H and O–H groups in total. The van der Waals surface area contributed by atoms with E-state index >= 15 is 4.39 Å². The van der Waals surface area contributed by atoms with Crippen molar-refractivity contribution in [3.63, 3.8) is 0 Å². The van der Waals surface area contributed by atoms with E-state index in [2.05, 4.69) is 10.4 Å². The van der Waals surface area contributed by atoms with Crippen LogP contribution < -0.4 is 15.7 Å². The first kappa shape index (κ1) is 40.1. The van der Waals surface area contributed by atoms with Gasteiger partial charge in [0, 0.05) is 35.4 Å². The van der Waals surface area contributed by atoms with Gasteiger partial charge in [0.25, 0.3) is 10.0 Å². The number of nitrogens with one attached hydrogen (secondary N) is 2. The van der Waals surface area contributed by atoms with Crippen LogP contribution in [-0.2, 0) is 38.7 Å². The highest BCUT2D eigenvalue weighted by atomic mass is 32.2. The Morgan fingerprint density at radius 1 is 1.02 bits per heavy atom. The maximum absolute atomic E-state index is 15.8. The van der Waals surface area contributed by atoms with E-state index in [0.717, 1.165) is 28.8 Å². The highest BCUT2D eigenvalue weighted by Gasteiger charge is 2.35. The molecule has 0 spiro atoms. The molecule has 0 saturated heterocycles. The highest BCUT2D eigenvalue weighted by Crippen LogP contribution is 2.35. The van der Waals surface area contributed by atoms with Crippen molar-refractivity contribution < 1.29 is 40.3 Å². The fourth-order valence-electron chi connectivity index (χ4n) is 5.13. The summed E-state index contributed by atoms with van der Waals surface area (Å²) >= 11 is 1.43. The number of carbonyl (C=O) groups excluding carboxylic acids is 2. The molecule has 0 saturated carbocycles. The van der Waals surface area contributed by atoms with Crippen LogP contribution in [0.15, 0.2) is 70.4 Å². The number of anilines is 1. The Bertz CT molecular complexity index is 2110. The summed E-state index contributed by atoms with van der Waals surface area (Å²) in [6.45, 7) is 6.17. The zero-order valence-electron chi connectivity index (χ0n) is 29.1. The van der Waals surface area contributed by atoms with Crippen LogP contribution >= 0.6 is 11.8 Å². The lowest BCUT2D eigenvalue weighted by atomic mass is 10.0. The highest BCUT2D eigenvalue weighted by molar-refractivity contribution is 7.98. The average molecular weight is 766 g/mol. The van der Waals surface area contributed by atoms with E-state index < -0.39 is 63.1 Å². The Morgan fingerprint density at radius 3 is 2.37 bits per heavy atom. The first-order valence-electron chi connectivity index (χ1n) is 16.2. The number of carbonyl (C=O) groups is 2. The summed E-state index contributed by atoms with van der Waals surface area (Å²) < 4.78 is 93.3. The number of unbranched alkanes of at least 4 members (excludes halogenated alkanes) is 1. The maximum Gasteiger partial charge on any atom is 0.421 e. The molecule has 17 heteroatoms. The number of halogens is 4. The normalized spacial score (nSPS) is 12.1. The van der Waals surface area contributed by atoms with Gasteiger partial charge in [-0.05, 0) is 69.3 Å². The molecule has 0 bridgehead atoms. The molecule has 52 heavy (non-hydrogen) atoms. The number of hydrogen-bond donors (Lipinski definition) is 2. The van der Waals surface area contributed by atoms with Crippen LogP contribution in [0, 0.1) is 5.82 Å². The van der Waals surface area contributed by atoms with Crippen LogP contribution in [-0.4, -0.2) is 52.4 Å². The molecule has 0 aliphatic heterocycles. The largest absolute Gasteiger partial charge is 0.443 e. The number of hydrogen-bond acceptors (Lipinski definition) is 8. The first-order chi connectivity index (χ1) is 24.3. The molecule has 280 valence electrons. The summed E-state index contributed by atoms with van der Waals surface area (Å²) in [6, 6.07) is 12.3. The molecule has 0 atom stereocenters. The second-order valence-corrected chi connectivity index (χ2v) is 15.4. The third kappa shape index (κ3) is 10.0. The number of amides is 2. The standard InChI is InChI=1S/C35H39F4N5O6S2/c1-6-7-12-30-41-44(28-20-24(40-31(45)17-18-51-5)15-16-26(28)35(37,38)39)33(47)43(30)21-23-14-13-22(19-27(23)36)25-10-8-9-11-29(25)52(48,49)42-32(46)50-34(2,3)4/h8-11,13-16,19-20H,6-7,12,17-18,21H2,1-5H3,(H,40,45)(H,42,46). The molecule has 1 aromatic heterocycles. The molecule has 4 aromatic rings. The quantitative estimate of drug-likeness (QED) is 0.137. The van der Waals surface area contributed by atoms with E-state index in [4.69, 9.17) is 4.74 Å². The molecule has 0 aliphatic rings. The van der Waals surface area contributed by atoms with Crippen molar-refractivity contribution in [1.29, 1.82) is 0 Å². The van der Waals surface area contributed by atoms with E-state index in [-0.39, 0.29) is 45.9 Å². The van der Waals surface area contributed by atoms with Gasteiger partial charge in [-0.3, -0.25) is 9.36 Å². The molecule has 0 unspecified atom stereocenters. The van der Waals surface area contributed by atoms with E-state index in [0.29, 0.717) is 23.3 Å². The van der Waals surface area contributed by atoms with Gasteiger partial charge in [0.05, 0.1) is 22.7 Å². The lowest BCUT2D eigenvalue weighted by molar-refractivity contribution is -0.137. The Hall–Kier alpha value is -4.64. The van der Waals surface area contributed by atoms with Crippen molar-refractivity contribution in [1.82, 2.24) is 19.1 Å². The monoisotopic (exact) mass is 765 g/mol. The fourth-order valence-corrected chi connectivity index (χ4v) is 6.63. The average Bonchev–Trinajstić information content (AvgIpc) is 3.36. The molecular weight excluding hydrogens is 727 g/mol. The Labute approximate surface area is 302 Å². The van der Waals surface area contributed by atoms with Gasteiger partial charge in [-0.1, -0.05) is 43.7 Å². The van der Waals surface area contributed by atoms with Crippen LogP contribution in [0.1, 0.15) is 63.9 Å². The summed E-state index contributed by atoms with van der Waals surface area (Å²) in [6.07, 6.45) is -2.75. The topological polar surface area (TPSA) is 141 Å². The van der Waals surface area contributed by atoms with Crippen LogP contribution in [0.4, 0.5) is 28.0 Å². The number of ether oxygens (including phenoxy) is 1. The zero-order chi connectivity index (χ0) is 38.4. The zero-order valence-corrected chi connectivity index (χ0v) is 30.8. The third-order valence-corrected chi connectivity index (χ3v) is 9.51. The van der Waals surface area contributed by atoms with Crippen molar-refractivity contribution in [3.05, 3.63) is 93.9 Å². The van der Waals surface area contributed by atoms with Gasteiger partial charge in [0.1, 0.15) is 17.2 Å². The number of thioether (sulfide) groups is 1. The predicted molar refractivity (Wildman–Crippen MR) is 191 cm³/mol. The van der Waals surface area contributed by atoms with Crippen molar-refractivity contribution in [2.75, 3.05) is 17.3 Å². The molecule has 0 aliphatic carbocycles. The minimum Gasteiger partial charge on any atom is -0.443 e. The third-order valence-electron chi connectivity index (χ3n) is 7.53. The Balaban J connectivity index is 1.74. The summed E-state index contributed by atoms with van der Waals surface area (Å²) in [7, 11) is -4.46. The smallest absolute Gasteiger partial charge is 0.421 e. The molecule has 3 aromatic carbocycles. The van der Waals surface area contributed by atoms with Crippen molar-refractivity contribution in [3.8, 4) is 16.8 Å². The summed E-state index contributed by atoms with van der Waals surface area (Å²) in [4.78, 5) is 38.1. The van der Waals surface area contributed by atoms with Crippen molar-refractivity contribution in [2.24, 2.45) is 0 Å². The van der Waals surface area contributed by atoms with Gasteiger partial charge in [0.15, 0.2) is 0 Å². The molecule has 11 nitrogen and oxygen atoms in total. The van der Waals surface area contributed by atoms with E-state index in [1.165, 1.54) is 48.2 Å². The van der Waals surface area contributed by atoms with E-state index in [9.17, 15) is 36.0 Å². The van der Waals surface area contributed by atoms with E-state index in [1.807, 2.05) is 17.9 Å². The maximum atomic E-state index is 15.8. The van der Waals surface area contributed by atoms with Crippen LogP contribution in [0.3, 0.4) is 0 Å². The number of benzene rings is 3. The fraction of sp³-hybridized carbons (Fsp3) is 0.371. The number of aromatic nitrogens is 3. The number of aryl methyl sites for hydroxylation is 1. The summed E-state index contributed by atoms with van der Waals surface area (Å²) in [5.41, 5.74) is -3.49. The molecule has 4 rings (SSSR count). The van der Waals surface area contributed by atoms with Crippen LogP contribution in [0.25, 0.3) is 16.8 Å². The van der Waals surface area contributed by atoms with Crippen molar-refractivity contribution in [2.45, 2.75) is 76.6 Å². The summed E-state index contributed by atoms with van der Waals surface area (Å²) in [5, 5.41) is 6.81. The van der Waals surface area contributed by atoms with Gasteiger partial charge >= 0.3 is 18.0 Å². The Kier molecular flexibility index (Phi) is 12.6. The van der Waals surface area contributed by atoms with Gasteiger partial charge < -0.3 is 10.1 Å². The van der Waals surface area contributed by atoms with Gasteiger partial charge in [-0.25, -0.2) is 27.1 Å². The lowest BCUT2D eigenvalue weighted by Gasteiger charge is -2.20. The molecule has 1 heterocycles. The molecular formula is C35H39F4N5O6S2. The number of nitrogens with zero attached hydrogens (tertiary/aromatic N) is 3. The molecule has 0 fully saturated rings. The molecule has 2 amide bonds. The second-order valence-electron chi connectivity index (χ2n) is 12.7. The van der Waals surface area contributed by atoms with Crippen LogP contribution in [0.5, 0.6) is 0 Å². The summed E-state index contributed by atoms with van der Waals surface area (Å²) in [5.74, 6) is -0.641. The lowest BCUT2D eigenvalue weighted by Crippen LogP contribution is -2.36.